The van der Waals surface area contributed by atoms with Gasteiger partial charge >= 0.3 is 0 Å². The van der Waals surface area contributed by atoms with Gasteiger partial charge in [-0.15, -0.1) is 0 Å². The first-order valence-corrected chi connectivity index (χ1v) is 5.49. The summed E-state index contributed by atoms with van der Waals surface area (Å²) in [6, 6.07) is 7.61. The third-order valence-corrected chi connectivity index (χ3v) is 2.70. The van der Waals surface area contributed by atoms with E-state index in [4.69, 9.17) is 0 Å². The highest BCUT2D eigenvalue weighted by Crippen LogP contribution is 2.26. The Hall–Kier alpha value is -1.88. The molecule has 19 heavy (non-hydrogen) atoms. The molecular weight excluding hydrogens is 260 g/mol. The summed E-state index contributed by atoms with van der Waals surface area (Å²) in [4.78, 5) is 0. The van der Waals surface area contributed by atoms with Crippen molar-refractivity contribution in [1.29, 1.82) is 0 Å². The second kappa shape index (κ2) is 5.40. The van der Waals surface area contributed by atoms with Crippen molar-refractivity contribution in [3.63, 3.8) is 0 Å². The third-order valence-electron chi connectivity index (χ3n) is 2.70. The highest BCUT2D eigenvalue weighted by Gasteiger charge is 2.14. The first-order chi connectivity index (χ1) is 8.97. The lowest BCUT2D eigenvalue weighted by molar-refractivity contribution is 0.151. The van der Waals surface area contributed by atoms with Gasteiger partial charge in [-0.2, -0.15) is 0 Å². The average molecular weight is 270 g/mol. The van der Waals surface area contributed by atoms with Crippen LogP contribution in [-0.2, 0) is 0 Å². The summed E-state index contributed by atoms with van der Waals surface area (Å²) in [5.41, 5.74) is 0.137. The lowest BCUT2D eigenvalue weighted by Crippen LogP contribution is -2.01. The Bertz CT molecular complexity index is 546. The summed E-state index contributed by atoms with van der Waals surface area (Å²) in [5, 5.41) is 9.95. The highest BCUT2D eigenvalue weighted by atomic mass is 19.3. The Morgan fingerprint density at radius 3 is 1.68 bits per heavy atom. The molecule has 0 saturated carbocycles. The van der Waals surface area contributed by atoms with Crippen LogP contribution in [0.1, 0.15) is 29.2 Å². The van der Waals surface area contributed by atoms with E-state index in [1.54, 1.807) is 0 Å². The normalized spacial score (nSPS) is 12.7. The molecule has 0 bridgehead atoms. The molecule has 1 unspecified atom stereocenters. The smallest absolute Gasteiger partial charge is 0.263 e. The number of aliphatic hydroxyl groups excluding tert-OH is 1. The molecule has 0 fully saturated rings. The largest absolute Gasteiger partial charge is 0.384 e. The molecular formula is C14H10F4O. The molecule has 0 radical (unpaired) electrons. The molecule has 2 aromatic carbocycles. The van der Waals surface area contributed by atoms with Crippen molar-refractivity contribution in [2.75, 3.05) is 0 Å². The zero-order chi connectivity index (χ0) is 14.0. The fourth-order valence-corrected chi connectivity index (χ4v) is 1.75. The summed E-state index contributed by atoms with van der Waals surface area (Å²) in [5.74, 6) is -1.61. The van der Waals surface area contributed by atoms with Crippen LogP contribution in [0.25, 0.3) is 0 Å². The van der Waals surface area contributed by atoms with E-state index in [2.05, 4.69) is 0 Å². The van der Waals surface area contributed by atoms with Crippen LogP contribution in [-0.4, -0.2) is 5.11 Å². The number of rotatable bonds is 3. The molecule has 2 aromatic rings. The summed E-state index contributed by atoms with van der Waals surface area (Å²) < 4.78 is 50.8. The van der Waals surface area contributed by atoms with Gasteiger partial charge in [0, 0.05) is 11.6 Å². The Morgan fingerprint density at radius 1 is 0.737 bits per heavy atom. The topological polar surface area (TPSA) is 20.2 Å². The number of halogens is 4. The summed E-state index contributed by atoms with van der Waals surface area (Å²) in [7, 11) is 0. The van der Waals surface area contributed by atoms with Gasteiger partial charge in [0.1, 0.15) is 17.7 Å². The maximum atomic E-state index is 13.0. The van der Waals surface area contributed by atoms with Crippen molar-refractivity contribution in [2.24, 2.45) is 0 Å². The summed E-state index contributed by atoms with van der Waals surface area (Å²) in [6.07, 6.45) is -3.87. The van der Waals surface area contributed by atoms with Crippen LogP contribution in [0.2, 0.25) is 0 Å². The van der Waals surface area contributed by atoms with Gasteiger partial charge in [0.15, 0.2) is 0 Å². The van der Waals surface area contributed by atoms with Gasteiger partial charge < -0.3 is 5.11 Å². The Balaban J connectivity index is 2.30. The molecule has 1 N–H and O–H groups in total. The van der Waals surface area contributed by atoms with E-state index in [0.29, 0.717) is 6.07 Å². The van der Waals surface area contributed by atoms with Gasteiger partial charge in [0.05, 0.1) is 0 Å². The minimum absolute atomic E-state index is 0.0299. The van der Waals surface area contributed by atoms with Crippen molar-refractivity contribution in [3.8, 4) is 0 Å². The zero-order valence-corrected chi connectivity index (χ0v) is 9.66. The Morgan fingerprint density at radius 2 is 1.21 bits per heavy atom. The highest BCUT2D eigenvalue weighted by molar-refractivity contribution is 5.32. The van der Waals surface area contributed by atoms with E-state index in [9.17, 15) is 22.7 Å². The molecule has 100 valence electrons. The fourth-order valence-electron chi connectivity index (χ4n) is 1.75. The molecule has 0 aromatic heterocycles. The van der Waals surface area contributed by atoms with Crippen LogP contribution in [0, 0.1) is 11.6 Å². The van der Waals surface area contributed by atoms with Gasteiger partial charge in [0.25, 0.3) is 6.43 Å². The second-order valence-corrected chi connectivity index (χ2v) is 4.07. The maximum absolute atomic E-state index is 13.0. The van der Waals surface area contributed by atoms with Crippen LogP contribution >= 0.6 is 0 Å². The third kappa shape index (κ3) is 3.12. The molecule has 0 aliphatic heterocycles. The molecule has 0 amide bonds. The van der Waals surface area contributed by atoms with Crippen LogP contribution in [0.5, 0.6) is 0 Å². The van der Waals surface area contributed by atoms with E-state index in [0.717, 1.165) is 12.1 Å². The quantitative estimate of drug-likeness (QED) is 0.836. The van der Waals surface area contributed by atoms with Gasteiger partial charge in [-0.05, 0) is 23.3 Å². The lowest BCUT2D eigenvalue weighted by atomic mass is 10.0. The van der Waals surface area contributed by atoms with Crippen molar-refractivity contribution >= 4 is 0 Å². The predicted octanol–water partition coefficient (Wildman–Crippen LogP) is 3.98. The molecule has 1 atom stereocenters. The fraction of sp³-hybridized carbons (Fsp3) is 0.143. The van der Waals surface area contributed by atoms with Gasteiger partial charge in [-0.1, -0.05) is 24.3 Å². The first kappa shape index (κ1) is 13.5. The Kier molecular flexibility index (Phi) is 3.85. The van der Waals surface area contributed by atoms with Crippen molar-refractivity contribution < 1.29 is 22.7 Å². The summed E-state index contributed by atoms with van der Waals surface area (Å²) in [6.45, 7) is 0. The molecule has 0 aliphatic carbocycles. The first-order valence-electron chi connectivity index (χ1n) is 5.49. The van der Waals surface area contributed by atoms with E-state index >= 15 is 0 Å². The zero-order valence-electron chi connectivity index (χ0n) is 9.66. The minimum atomic E-state index is -2.60. The molecule has 0 heterocycles. The minimum Gasteiger partial charge on any atom is -0.384 e. The average Bonchev–Trinajstić information content (AvgIpc) is 2.37. The molecule has 2 rings (SSSR count). The van der Waals surface area contributed by atoms with Crippen LogP contribution in [0.15, 0.2) is 42.5 Å². The van der Waals surface area contributed by atoms with Crippen LogP contribution in [0.3, 0.4) is 0 Å². The number of benzene rings is 2. The molecule has 0 spiro atoms. The van der Waals surface area contributed by atoms with E-state index < -0.39 is 24.2 Å². The molecule has 5 heteroatoms. The standard InChI is InChI=1S/C14H10F4O/c15-11-5-10(6-12(16)7-11)13(19)8-1-3-9(4-2-8)14(17)18/h1-7,13-14,19H. The number of hydrogen-bond acceptors (Lipinski definition) is 1. The SMILES string of the molecule is OC(c1ccc(C(F)F)cc1)c1cc(F)cc(F)c1. The number of alkyl halides is 2. The van der Waals surface area contributed by atoms with Crippen molar-refractivity contribution in [1.82, 2.24) is 0 Å². The molecule has 0 saturated heterocycles. The second-order valence-electron chi connectivity index (χ2n) is 4.07. The number of hydrogen-bond donors (Lipinski definition) is 1. The van der Waals surface area contributed by atoms with Gasteiger partial charge in [-0.3, -0.25) is 0 Å². The molecule has 0 aliphatic rings. The molecule has 1 nitrogen and oxygen atoms in total. The van der Waals surface area contributed by atoms with E-state index in [-0.39, 0.29) is 16.7 Å². The van der Waals surface area contributed by atoms with E-state index in [1.807, 2.05) is 0 Å². The Labute approximate surface area is 107 Å². The maximum Gasteiger partial charge on any atom is 0.263 e. The monoisotopic (exact) mass is 270 g/mol. The van der Waals surface area contributed by atoms with E-state index in [1.165, 1.54) is 24.3 Å². The van der Waals surface area contributed by atoms with Gasteiger partial charge in [0.2, 0.25) is 0 Å². The van der Waals surface area contributed by atoms with Crippen molar-refractivity contribution in [2.45, 2.75) is 12.5 Å². The predicted molar refractivity (Wildman–Crippen MR) is 61.8 cm³/mol. The van der Waals surface area contributed by atoms with Gasteiger partial charge in [-0.25, -0.2) is 17.6 Å². The van der Waals surface area contributed by atoms with Crippen molar-refractivity contribution in [3.05, 3.63) is 70.8 Å². The van der Waals surface area contributed by atoms with Crippen LogP contribution < -0.4 is 0 Å². The number of aliphatic hydroxyl groups is 1. The lowest BCUT2D eigenvalue weighted by Gasteiger charge is -2.12. The van der Waals surface area contributed by atoms with Crippen LogP contribution in [0.4, 0.5) is 17.6 Å². The summed E-state index contributed by atoms with van der Waals surface area (Å²) >= 11 is 0.